The van der Waals surface area contributed by atoms with Gasteiger partial charge in [-0.3, -0.25) is 4.98 Å². The van der Waals surface area contributed by atoms with Crippen LogP contribution in [0.5, 0.6) is 5.75 Å². The fraction of sp³-hybridized carbons (Fsp3) is 0.400. The van der Waals surface area contributed by atoms with Crippen LogP contribution in [0.15, 0.2) is 28.9 Å². The van der Waals surface area contributed by atoms with E-state index in [4.69, 9.17) is 10.5 Å². The average molecular weight is 321 g/mol. The Bertz CT molecular complexity index is 589. The quantitative estimate of drug-likeness (QED) is 0.924. The zero-order valence-electron chi connectivity index (χ0n) is 10.7. The number of rotatable bonds is 3. The first-order valence-corrected chi connectivity index (χ1v) is 7.50. The van der Waals surface area contributed by atoms with Crippen molar-refractivity contribution in [3.63, 3.8) is 0 Å². The summed E-state index contributed by atoms with van der Waals surface area (Å²) in [6.07, 6.45) is 6.87. The number of anilines is 1. The summed E-state index contributed by atoms with van der Waals surface area (Å²) in [5.41, 5.74) is 7.55. The maximum atomic E-state index is 6.02. The van der Waals surface area contributed by atoms with E-state index in [0.717, 1.165) is 27.7 Å². The molecule has 1 aromatic heterocycles. The lowest BCUT2D eigenvalue weighted by atomic mass is 10.1. The highest BCUT2D eigenvalue weighted by atomic mass is 79.9. The van der Waals surface area contributed by atoms with E-state index in [1.54, 1.807) is 6.20 Å². The largest absolute Gasteiger partial charge is 0.490 e. The third-order valence-corrected chi connectivity index (χ3v) is 4.24. The first-order valence-electron chi connectivity index (χ1n) is 6.70. The molecule has 0 aliphatic heterocycles. The van der Waals surface area contributed by atoms with Gasteiger partial charge in [0, 0.05) is 9.86 Å². The van der Waals surface area contributed by atoms with Gasteiger partial charge in [-0.1, -0.05) is 28.8 Å². The van der Waals surface area contributed by atoms with E-state index < -0.39 is 0 Å². The van der Waals surface area contributed by atoms with Crippen molar-refractivity contribution in [3.05, 3.63) is 28.9 Å². The Kier molecular flexibility index (Phi) is 3.60. The Morgan fingerprint density at radius 2 is 2.11 bits per heavy atom. The number of hydrogen-bond donors (Lipinski definition) is 1. The summed E-state index contributed by atoms with van der Waals surface area (Å²) >= 11 is 3.48. The number of ether oxygens (including phenoxy) is 1. The van der Waals surface area contributed by atoms with Gasteiger partial charge in [-0.25, -0.2) is 0 Å². The van der Waals surface area contributed by atoms with Crippen molar-refractivity contribution in [1.29, 1.82) is 0 Å². The molecule has 1 aromatic carbocycles. The zero-order chi connectivity index (χ0) is 13.2. The number of hydrogen-bond acceptors (Lipinski definition) is 3. The van der Waals surface area contributed by atoms with E-state index in [-0.39, 0.29) is 0 Å². The number of nitrogens with two attached hydrogens (primary N) is 1. The van der Waals surface area contributed by atoms with Crippen LogP contribution in [0.1, 0.15) is 25.7 Å². The number of nitrogen functional groups attached to an aromatic ring is 1. The third kappa shape index (κ3) is 2.68. The molecule has 0 amide bonds. The molecule has 1 aliphatic rings. The fourth-order valence-corrected chi connectivity index (χ4v) is 3.06. The van der Waals surface area contributed by atoms with Crippen molar-refractivity contribution in [2.75, 3.05) is 12.3 Å². The Morgan fingerprint density at radius 3 is 2.89 bits per heavy atom. The highest BCUT2D eigenvalue weighted by molar-refractivity contribution is 9.10. The lowest BCUT2D eigenvalue weighted by Crippen LogP contribution is -2.09. The predicted molar refractivity (Wildman–Crippen MR) is 81.3 cm³/mol. The molecule has 3 rings (SSSR count). The van der Waals surface area contributed by atoms with Gasteiger partial charge >= 0.3 is 0 Å². The standard InChI is InChI=1S/C15H17BrN2O/c16-11-5-6-14-12(7-11)15(13(17)8-18-14)19-9-10-3-1-2-4-10/h5-8,10H,1-4,9,17H2. The fourth-order valence-electron chi connectivity index (χ4n) is 2.70. The molecular weight excluding hydrogens is 304 g/mol. The first kappa shape index (κ1) is 12.7. The van der Waals surface area contributed by atoms with Crippen LogP contribution in [0.2, 0.25) is 0 Å². The lowest BCUT2D eigenvalue weighted by Gasteiger charge is -2.15. The Morgan fingerprint density at radius 1 is 1.32 bits per heavy atom. The topological polar surface area (TPSA) is 48.1 Å². The van der Waals surface area contributed by atoms with Crippen molar-refractivity contribution < 1.29 is 4.74 Å². The number of aromatic nitrogens is 1. The van der Waals surface area contributed by atoms with Crippen LogP contribution in [-0.2, 0) is 0 Å². The van der Waals surface area contributed by atoms with E-state index in [9.17, 15) is 0 Å². The minimum absolute atomic E-state index is 0.614. The number of halogens is 1. The highest BCUT2D eigenvalue weighted by Gasteiger charge is 2.17. The number of fused-ring (bicyclic) bond motifs is 1. The van der Waals surface area contributed by atoms with Crippen molar-refractivity contribution in [2.24, 2.45) is 5.92 Å². The Balaban J connectivity index is 1.91. The second kappa shape index (κ2) is 5.37. The third-order valence-electron chi connectivity index (χ3n) is 3.75. The van der Waals surface area contributed by atoms with E-state index in [1.807, 2.05) is 18.2 Å². The Labute approximate surface area is 121 Å². The van der Waals surface area contributed by atoms with Gasteiger partial charge in [-0.05, 0) is 37.0 Å². The summed E-state index contributed by atoms with van der Waals surface area (Å²) in [6, 6.07) is 5.97. The molecule has 4 heteroatoms. The van der Waals surface area contributed by atoms with Crippen molar-refractivity contribution in [3.8, 4) is 5.75 Å². The molecule has 1 fully saturated rings. The molecule has 2 N–H and O–H groups in total. The lowest BCUT2D eigenvalue weighted by molar-refractivity contribution is 0.256. The van der Waals surface area contributed by atoms with Gasteiger partial charge < -0.3 is 10.5 Å². The molecular formula is C15H17BrN2O. The molecule has 0 spiro atoms. The molecule has 0 saturated heterocycles. The second-order valence-corrected chi connectivity index (χ2v) is 6.08. The summed E-state index contributed by atoms with van der Waals surface area (Å²) in [7, 11) is 0. The molecule has 19 heavy (non-hydrogen) atoms. The van der Waals surface area contributed by atoms with Gasteiger partial charge in [0.05, 0.1) is 24.0 Å². The predicted octanol–water partition coefficient (Wildman–Crippen LogP) is 4.15. The molecule has 0 bridgehead atoms. The monoisotopic (exact) mass is 320 g/mol. The van der Waals surface area contributed by atoms with Crippen LogP contribution in [-0.4, -0.2) is 11.6 Å². The van der Waals surface area contributed by atoms with Gasteiger partial charge in [0.1, 0.15) is 0 Å². The normalized spacial score (nSPS) is 16.1. The van der Waals surface area contributed by atoms with Crippen molar-refractivity contribution in [2.45, 2.75) is 25.7 Å². The van der Waals surface area contributed by atoms with Crippen LogP contribution in [0.3, 0.4) is 0 Å². The minimum atomic E-state index is 0.614. The molecule has 2 aromatic rings. The second-order valence-electron chi connectivity index (χ2n) is 5.17. The number of pyridine rings is 1. The van der Waals surface area contributed by atoms with Crippen molar-refractivity contribution >= 4 is 32.5 Å². The molecule has 1 aliphatic carbocycles. The van der Waals surface area contributed by atoms with Gasteiger partial charge in [0.15, 0.2) is 5.75 Å². The zero-order valence-corrected chi connectivity index (χ0v) is 12.3. The van der Waals surface area contributed by atoms with Crippen LogP contribution in [0, 0.1) is 5.92 Å². The minimum Gasteiger partial charge on any atom is -0.490 e. The molecule has 0 atom stereocenters. The smallest absolute Gasteiger partial charge is 0.153 e. The van der Waals surface area contributed by atoms with Gasteiger partial charge in [0.2, 0.25) is 0 Å². The van der Waals surface area contributed by atoms with E-state index in [0.29, 0.717) is 11.6 Å². The molecule has 100 valence electrons. The summed E-state index contributed by atoms with van der Waals surface area (Å²) in [5.74, 6) is 1.45. The molecule has 0 unspecified atom stereocenters. The van der Waals surface area contributed by atoms with E-state index in [1.165, 1.54) is 25.7 Å². The summed E-state index contributed by atoms with van der Waals surface area (Å²) in [6.45, 7) is 0.760. The van der Waals surface area contributed by atoms with Gasteiger partial charge in [-0.2, -0.15) is 0 Å². The van der Waals surface area contributed by atoms with E-state index >= 15 is 0 Å². The van der Waals surface area contributed by atoms with Crippen LogP contribution >= 0.6 is 15.9 Å². The highest BCUT2D eigenvalue weighted by Crippen LogP contribution is 2.33. The number of nitrogens with zero attached hydrogens (tertiary/aromatic N) is 1. The summed E-state index contributed by atoms with van der Waals surface area (Å²) < 4.78 is 7.02. The summed E-state index contributed by atoms with van der Waals surface area (Å²) in [5, 5.41) is 0.979. The maximum absolute atomic E-state index is 6.02. The van der Waals surface area contributed by atoms with Crippen LogP contribution in [0.4, 0.5) is 5.69 Å². The first-order chi connectivity index (χ1) is 9.24. The molecule has 1 heterocycles. The van der Waals surface area contributed by atoms with Crippen LogP contribution < -0.4 is 10.5 Å². The molecule has 0 radical (unpaired) electrons. The average Bonchev–Trinajstić information content (AvgIpc) is 2.91. The molecule has 1 saturated carbocycles. The maximum Gasteiger partial charge on any atom is 0.153 e. The van der Waals surface area contributed by atoms with Gasteiger partial charge in [-0.15, -0.1) is 0 Å². The summed E-state index contributed by atoms with van der Waals surface area (Å²) in [4.78, 5) is 4.34. The SMILES string of the molecule is Nc1cnc2ccc(Br)cc2c1OCC1CCCC1. The van der Waals surface area contributed by atoms with Gasteiger partial charge in [0.25, 0.3) is 0 Å². The van der Waals surface area contributed by atoms with Crippen molar-refractivity contribution in [1.82, 2.24) is 4.98 Å². The van der Waals surface area contributed by atoms with E-state index in [2.05, 4.69) is 20.9 Å². The number of benzene rings is 1. The van der Waals surface area contributed by atoms with Crippen LogP contribution in [0.25, 0.3) is 10.9 Å². The Hall–Kier alpha value is -1.29. The molecule has 3 nitrogen and oxygen atoms in total.